The molecule has 0 spiro atoms. The number of aryl methyl sites for hydroxylation is 1. The van der Waals surface area contributed by atoms with Gasteiger partial charge in [0.1, 0.15) is 5.82 Å². The van der Waals surface area contributed by atoms with Crippen molar-refractivity contribution >= 4 is 11.7 Å². The van der Waals surface area contributed by atoms with E-state index in [0.717, 1.165) is 35.9 Å². The van der Waals surface area contributed by atoms with Crippen molar-refractivity contribution < 1.29 is 9.90 Å². The first-order valence-corrected chi connectivity index (χ1v) is 6.52. The number of carboxylic acid groups (broad SMARTS) is 1. The third-order valence-corrected chi connectivity index (χ3v) is 3.83. The fourth-order valence-corrected chi connectivity index (χ4v) is 2.53. The van der Waals surface area contributed by atoms with Gasteiger partial charge in [-0.1, -0.05) is 0 Å². The van der Waals surface area contributed by atoms with Gasteiger partial charge >= 0.3 is 5.97 Å². The number of carbonyl (C=O) groups is 1. The molecule has 1 aromatic carbocycles. The summed E-state index contributed by atoms with van der Waals surface area (Å²) in [4.78, 5) is 13.2. The van der Waals surface area contributed by atoms with E-state index in [1.54, 1.807) is 12.1 Å². The first-order valence-electron chi connectivity index (χ1n) is 6.52. The second-order valence-electron chi connectivity index (χ2n) is 5.04. The van der Waals surface area contributed by atoms with E-state index in [9.17, 15) is 4.79 Å². The number of hydrogen-bond donors (Lipinski definition) is 1. The van der Waals surface area contributed by atoms with Gasteiger partial charge in [-0.15, -0.1) is 10.2 Å². The number of hydrogen-bond acceptors (Lipinski definition) is 4. The molecule has 1 aromatic heterocycles. The van der Waals surface area contributed by atoms with Crippen LogP contribution in [0.5, 0.6) is 0 Å². The van der Waals surface area contributed by atoms with E-state index >= 15 is 0 Å². The number of aromatic nitrogens is 3. The Morgan fingerprint density at radius 2 is 2.20 bits per heavy atom. The summed E-state index contributed by atoms with van der Waals surface area (Å²) in [6, 6.07) is 5.30. The SMILES string of the molecule is Cc1nnc(CN2CCc3cc(C(=O)O)ccc32)n1C. The molecule has 1 N–H and O–H groups in total. The molecular weight excluding hydrogens is 256 g/mol. The lowest BCUT2D eigenvalue weighted by molar-refractivity contribution is 0.0697. The molecule has 6 heteroatoms. The molecule has 2 aromatic rings. The zero-order valence-electron chi connectivity index (χ0n) is 11.5. The van der Waals surface area contributed by atoms with E-state index in [2.05, 4.69) is 15.1 Å². The summed E-state index contributed by atoms with van der Waals surface area (Å²) >= 11 is 0. The lowest BCUT2D eigenvalue weighted by Crippen LogP contribution is -2.22. The van der Waals surface area contributed by atoms with Crippen LogP contribution < -0.4 is 4.90 Å². The van der Waals surface area contributed by atoms with Crippen molar-refractivity contribution in [3.63, 3.8) is 0 Å². The first-order chi connectivity index (χ1) is 9.56. The number of carboxylic acids is 1. The summed E-state index contributed by atoms with van der Waals surface area (Å²) in [6.07, 6.45) is 0.868. The third kappa shape index (κ3) is 2.03. The van der Waals surface area contributed by atoms with Gasteiger partial charge in [-0.3, -0.25) is 0 Å². The van der Waals surface area contributed by atoms with Gasteiger partial charge in [-0.2, -0.15) is 0 Å². The molecule has 20 heavy (non-hydrogen) atoms. The second-order valence-corrected chi connectivity index (χ2v) is 5.04. The molecule has 0 fully saturated rings. The van der Waals surface area contributed by atoms with Crippen LogP contribution in [0.4, 0.5) is 5.69 Å². The Morgan fingerprint density at radius 3 is 2.85 bits per heavy atom. The Balaban J connectivity index is 1.86. The van der Waals surface area contributed by atoms with Gasteiger partial charge in [0.05, 0.1) is 12.1 Å². The maximum atomic E-state index is 11.0. The van der Waals surface area contributed by atoms with Crippen LogP contribution in [-0.4, -0.2) is 32.4 Å². The van der Waals surface area contributed by atoms with Crippen molar-refractivity contribution in [1.29, 1.82) is 0 Å². The van der Waals surface area contributed by atoms with Gasteiger partial charge in [0.15, 0.2) is 5.82 Å². The van der Waals surface area contributed by atoms with Crippen molar-refractivity contribution in [2.24, 2.45) is 7.05 Å². The lowest BCUT2D eigenvalue weighted by Gasteiger charge is -2.18. The van der Waals surface area contributed by atoms with Crippen LogP contribution in [0, 0.1) is 6.92 Å². The molecule has 0 atom stereocenters. The van der Waals surface area contributed by atoms with Gasteiger partial charge in [0.25, 0.3) is 0 Å². The maximum Gasteiger partial charge on any atom is 0.335 e. The molecule has 0 bridgehead atoms. The summed E-state index contributed by atoms with van der Waals surface area (Å²) in [5.41, 5.74) is 2.53. The number of fused-ring (bicyclic) bond motifs is 1. The molecule has 2 heterocycles. The Labute approximate surface area is 116 Å². The largest absolute Gasteiger partial charge is 0.478 e. The van der Waals surface area contributed by atoms with Crippen molar-refractivity contribution in [3.05, 3.63) is 41.0 Å². The van der Waals surface area contributed by atoms with Crippen LogP contribution in [0.1, 0.15) is 27.6 Å². The van der Waals surface area contributed by atoms with Crippen molar-refractivity contribution in [3.8, 4) is 0 Å². The second kappa shape index (κ2) is 4.63. The summed E-state index contributed by atoms with van der Waals surface area (Å²) < 4.78 is 1.98. The van der Waals surface area contributed by atoms with E-state index in [1.807, 2.05) is 24.6 Å². The smallest absolute Gasteiger partial charge is 0.335 e. The molecular formula is C14H16N4O2. The summed E-state index contributed by atoms with van der Waals surface area (Å²) in [5.74, 6) is 0.925. The van der Waals surface area contributed by atoms with Crippen LogP contribution in [0.15, 0.2) is 18.2 Å². The molecule has 0 aliphatic carbocycles. The summed E-state index contributed by atoms with van der Waals surface area (Å²) in [5, 5.41) is 17.3. The van der Waals surface area contributed by atoms with E-state index < -0.39 is 5.97 Å². The van der Waals surface area contributed by atoms with Gasteiger partial charge in [0.2, 0.25) is 0 Å². The Bertz CT molecular complexity index is 678. The lowest BCUT2D eigenvalue weighted by atomic mass is 10.1. The van der Waals surface area contributed by atoms with E-state index in [1.165, 1.54) is 0 Å². The topological polar surface area (TPSA) is 71.2 Å². The first kappa shape index (κ1) is 12.7. The maximum absolute atomic E-state index is 11.0. The van der Waals surface area contributed by atoms with Crippen LogP contribution in [0.3, 0.4) is 0 Å². The van der Waals surface area contributed by atoms with Crippen LogP contribution in [0.25, 0.3) is 0 Å². The molecule has 0 saturated heterocycles. The number of nitrogens with zero attached hydrogens (tertiary/aromatic N) is 4. The Hall–Kier alpha value is -2.37. The molecule has 0 amide bonds. The highest BCUT2D eigenvalue weighted by Crippen LogP contribution is 2.29. The Morgan fingerprint density at radius 1 is 1.40 bits per heavy atom. The van der Waals surface area contributed by atoms with Crippen molar-refractivity contribution in [2.75, 3.05) is 11.4 Å². The predicted octanol–water partition coefficient (Wildman–Crippen LogP) is 1.38. The highest BCUT2D eigenvalue weighted by Gasteiger charge is 2.22. The van der Waals surface area contributed by atoms with Gasteiger partial charge in [-0.25, -0.2) is 4.79 Å². The predicted molar refractivity (Wildman–Crippen MR) is 73.9 cm³/mol. The third-order valence-electron chi connectivity index (χ3n) is 3.83. The minimum Gasteiger partial charge on any atom is -0.478 e. The molecule has 1 aliphatic rings. The Kier molecular flexibility index (Phi) is 2.93. The number of anilines is 1. The van der Waals surface area contributed by atoms with Crippen LogP contribution >= 0.6 is 0 Å². The quantitative estimate of drug-likeness (QED) is 0.914. The van der Waals surface area contributed by atoms with Gasteiger partial charge in [0, 0.05) is 19.3 Å². The van der Waals surface area contributed by atoms with Crippen molar-refractivity contribution in [2.45, 2.75) is 19.9 Å². The zero-order valence-corrected chi connectivity index (χ0v) is 11.5. The molecule has 104 valence electrons. The molecule has 6 nitrogen and oxygen atoms in total. The minimum atomic E-state index is -0.879. The van der Waals surface area contributed by atoms with Crippen LogP contribution in [-0.2, 0) is 20.0 Å². The summed E-state index contributed by atoms with van der Waals surface area (Å²) in [6.45, 7) is 3.49. The number of rotatable bonds is 3. The van der Waals surface area contributed by atoms with Gasteiger partial charge in [-0.05, 0) is 37.1 Å². The van der Waals surface area contributed by atoms with Crippen LogP contribution in [0.2, 0.25) is 0 Å². The van der Waals surface area contributed by atoms with E-state index in [4.69, 9.17) is 5.11 Å². The average Bonchev–Trinajstić information content (AvgIpc) is 2.97. The van der Waals surface area contributed by atoms with Gasteiger partial charge < -0.3 is 14.6 Å². The fourth-order valence-electron chi connectivity index (χ4n) is 2.53. The average molecular weight is 272 g/mol. The zero-order chi connectivity index (χ0) is 14.3. The van der Waals surface area contributed by atoms with E-state index in [0.29, 0.717) is 12.1 Å². The van der Waals surface area contributed by atoms with Crippen molar-refractivity contribution in [1.82, 2.24) is 14.8 Å². The minimum absolute atomic E-state index is 0.347. The summed E-state index contributed by atoms with van der Waals surface area (Å²) in [7, 11) is 1.95. The van der Waals surface area contributed by atoms with E-state index in [-0.39, 0.29) is 0 Å². The molecule has 0 unspecified atom stereocenters. The molecule has 0 saturated carbocycles. The highest BCUT2D eigenvalue weighted by atomic mass is 16.4. The fraction of sp³-hybridized carbons (Fsp3) is 0.357. The number of benzene rings is 1. The molecule has 1 aliphatic heterocycles. The normalized spacial score (nSPS) is 13.6. The molecule has 3 rings (SSSR count). The molecule has 0 radical (unpaired) electrons. The number of aromatic carboxylic acids is 1. The standard InChI is InChI=1S/C14H16N4O2/c1-9-15-16-13(17(9)2)8-18-6-5-10-7-11(14(19)20)3-4-12(10)18/h3-4,7H,5-6,8H2,1-2H3,(H,19,20). The highest BCUT2D eigenvalue weighted by molar-refractivity contribution is 5.88. The monoisotopic (exact) mass is 272 g/mol.